The van der Waals surface area contributed by atoms with Gasteiger partial charge in [-0.05, 0) is 13.5 Å². The maximum absolute atomic E-state index is 5.85. The summed E-state index contributed by atoms with van der Waals surface area (Å²) in [6, 6.07) is 0.592. The molecule has 1 atom stereocenters. The van der Waals surface area contributed by atoms with Crippen LogP contribution in [-0.4, -0.2) is 47.6 Å². The molecule has 1 aliphatic rings. The highest BCUT2D eigenvalue weighted by molar-refractivity contribution is 6.29. The molecule has 0 aromatic carbocycles. The van der Waals surface area contributed by atoms with Gasteiger partial charge in [0.15, 0.2) is 0 Å². The predicted octanol–water partition coefficient (Wildman–Crippen LogP) is 1.66. The normalized spacial score (nSPS) is 22.4. The first-order chi connectivity index (χ1) is 7.70. The minimum absolute atomic E-state index is 0.462. The molecule has 0 aliphatic carbocycles. The summed E-state index contributed by atoms with van der Waals surface area (Å²) in [6.45, 7) is 5.27. The van der Waals surface area contributed by atoms with Crippen molar-refractivity contribution in [1.82, 2.24) is 14.9 Å². The van der Waals surface area contributed by atoms with Gasteiger partial charge in [-0.2, -0.15) is 0 Å². The van der Waals surface area contributed by atoms with Gasteiger partial charge < -0.3 is 4.90 Å². The fourth-order valence-electron chi connectivity index (χ4n) is 2.08. The fourth-order valence-corrected chi connectivity index (χ4v) is 2.22. The van der Waals surface area contributed by atoms with E-state index in [1.54, 1.807) is 12.4 Å². The van der Waals surface area contributed by atoms with Gasteiger partial charge >= 0.3 is 0 Å². The van der Waals surface area contributed by atoms with Crippen molar-refractivity contribution in [2.45, 2.75) is 19.4 Å². The quantitative estimate of drug-likeness (QED) is 0.787. The molecule has 0 bridgehead atoms. The Morgan fingerprint density at radius 3 is 2.94 bits per heavy atom. The summed E-state index contributed by atoms with van der Waals surface area (Å²) in [5, 5.41) is 0.462. The molecule has 88 valence electrons. The van der Waals surface area contributed by atoms with Crippen LogP contribution in [0.25, 0.3) is 0 Å². The summed E-state index contributed by atoms with van der Waals surface area (Å²) in [5.41, 5.74) is 0. The molecule has 0 amide bonds. The highest BCUT2D eigenvalue weighted by Crippen LogP contribution is 2.18. The second-order valence-corrected chi connectivity index (χ2v) is 4.58. The second kappa shape index (κ2) is 4.97. The van der Waals surface area contributed by atoms with E-state index in [4.69, 9.17) is 11.6 Å². The van der Waals surface area contributed by atoms with E-state index in [2.05, 4.69) is 33.7 Å². The van der Waals surface area contributed by atoms with Crippen molar-refractivity contribution >= 4 is 17.4 Å². The summed E-state index contributed by atoms with van der Waals surface area (Å²) in [6.07, 6.45) is 4.50. The zero-order chi connectivity index (χ0) is 11.5. The zero-order valence-corrected chi connectivity index (χ0v) is 10.5. The van der Waals surface area contributed by atoms with E-state index in [-0.39, 0.29) is 0 Å². The Labute approximate surface area is 101 Å². The molecule has 2 heterocycles. The first kappa shape index (κ1) is 11.6. The van der Waals surface area contributed by atoms with Gasteiger partial charge in [0.1, 0.15) is 11.0 Å². The molecule has 5 heteroatoms. The first-order valence-corrected chi connectivity index (χ1v) is 6.01. The highest BCUT2D eigenvalue weighted by Gasteiger charge is 2.23. The lowest BCUT2D eigenvalue weighted by Gasteiger charge is -2.39. The van der Waals surface area contributed by atoms with Gasteiger partial charge in [0.25, 0.3) is 0 Å². The van der Waals surface area contributed by atoms with Crippen LogP contribution in [0.3, 0.4) is 0 Å². The van der Waals surface area contributed by atoms with Gasteiger partial charge in [-0.1, -0.05) is 18.5 Å². The van der Waals surface area contributed by atoms with Gasteiger partial charge in [0.2, 0.25) is 0 Å². The maximum atomic E-state index is 5.85. The molecule has 1 saturated heterocycles. The first-order valence-electron chi connectivity index (χ1n) is 5.63. The molecule has 0 spiro atoms. The van der Waals surface area contributed by atoms with E-state index in [0.29, 0.717) is 11.2 Å². The number of hydrogen-bond donors (Lipinski definition) is 0. The minimum atomic E-state index is 0.462. The van der Waals surface area contributed by atoms with Crippen molar-refractivity contribution in [1.29, 1.82) is 0 Å². The van der Waals surface area contributed by atoms with Crippen molar-refractivity contribution in [2.24, 2.45) is 0 Å². The molecule has 1 fully saturated rings. The van der Waals surface area contributed by atoms with Gasteiger partial charge in [0, 0.05) is 25.7 Å². The van der Waals surface area contributed by atoms with Crippen LogP contribution in [0.1, 0.15) is 13.3 Å². The van der Waals surface area contributed by atoms with Gasteiger partial charge in [-0.25, -0.2) is 4.98 Å². The van der Waals surface area contributed by atoms with E-state index < -0.39 is 0 Å². The number of anilines is 1. The van der Waals surface area contributed by atoms with Gasteiger partial charge in [-0.15, -0.1) is 0 Å². The molecule has 4 nitrogen and oxygen atoms in total. The van der Waals surface area contributed by atoms with E-state index in [0.717, 1.165) is 31.9 Å². The van der Waals surface area contributed by atoms with Crippen molar-refractivity contribution in [3.8, 4) is 0 Å². The molecule has 0 radical (unpaired) electrons. The van der Waals surface area contributed by atoms with Gasteiger partial charge in [-0.3, -0.25) is 9.88 Å². The largest absolute Gasteiger partial charge is 0.352 e. The number of aromatic nitrogens is 2. The number of halogens is 1. The summed E-state index contributed by atoms with van der Waals surface area (Å²) >= 11 is 5.85. The van der Waals surface area contributed by atoms with E-state index >= 15 is 0 Å². The Bertz CT molecular complexity index is 358. The Balaban J connectivity index is 2.11. The predicted molar refractivity (Wildman–Crippen MR) is 66.0 cm³/mol. The van der Waals surface area contributed by atoms with Crippen LogP contribution in [0, 0.1) is 0 Å². The average Bonchev–Trinajstić information content (AvgIpc) is 2.29. The molecule has 0 saturated carbocycles. The van der Waals surface area contributed by atoms with Crippen molar-refractivity contribution < 1.29 is 0 Å². The average molecular weight is 241 g/mol. The smallest absolute Gasteiger partial charge is 0.149 e. The van der Waals surface area contributed by atoms with Crippen LogP contribution in [0.5, 0.6) is 0 Å². The Hall–Kier alpha value is -0.870. The molecule has 16 heavy (non-hydrogen) atoms. The molecular weight excluding hydrogens is 224 g/mol. The summed E-state index contributed by atoms with van der Waals surface area (Å²) in [4.78, 5) is 13.0. The summed E-state index contributed by atoms with van der Waals surface area (Å²) in [5.74, 6) is 0.888. The zero-order valence-electron chi connectivity index (χ0n) is 9.73. The number of piperazine rings is 1. The molecule has 1 aromatic heterocycles. The summed E-state index contributed by atoms with van der Waals surface area (Å²) in [7, 11) is 2.18. The third kappa shape index (κ3) is 2.44. The molecule has 2 rings (SSSR count). The Kier molecular flexibility index (Phi) is 3.61. The lowest BCUT2D eigenvalue weighted by molar-refractivity contribution is 0.213. The van der Waals surface area contributed by atoms with E-state index in [1.807, 2.05) is 0 Å². The molecule has 1 aromatic rings. The van der Waals surface area contributed by atoms with Crippen molar-refractivity contribution in [3.05, 3.63) is 17.5 Å². The molecular formula is C11H17ClN4. The van der Waals surface area contributed by atoms with Crippen LogP contribution in [0.15, 0.2) is 12.4 Å². The maximum Gasteiger partial charge on any atom is 0.149 e. The lowest BCUT2D eigenvalue weighted by Crippen LogP contribution is -2.51. The van der Waals surface area contributed by atoms with Gasteiger partial charge in [0.05, 0.1) is 12.4 Å². The highest BCUT2D eigenvalue weighted by atomic mass is 35.5. The van der Waals surface area contributed by atoms with Crippen molar-refractivity contribution in [3.63, 3.8) is 0 Å². The number of likely N-dealkylation sites (N-methyl/N-ethyl adjacent to an activating group) is 1. The van der Waals surface area contributed by atoms with Crippen LogP contribution in [0.2, 0.25) is 5.15 Å². The van der Waals surface area contributed by atoms with Crippen molar-refractivity contribution in [2.75, 3.05) is 31.6 Å². The molecule has 1 aliphatic heterocycles. The molecule has 0 N–H and O–H groups in total. The Morgan fingerprint density at radius 1 is 1.44 bits per heavy atom. The topological polar surface area (TPSA) is 32.3 Å². The fraction of sp³-hybridized carbons (Fsp3) is 0.636. The number of nitrogens with zero attached hydrogens (tertiary/aromatic N) is 4. The van der Waals surface area contributed by atoms with E-state index in [9.17, 15) is 0 Å². The molecule has 1 unspecified atom stereocenters. The van der Waals surface area contributed by atoms with Crippen LogP contribution in [0.4, 0.5) is 5.82 Å². The monoisotopic (exact) mass is 240 g/mol. The SMILES string of the molecule is CCC1CN(c2cncc(Cl)n2)CCN1C. The summed E-state index contributed by atoms with van der Waals surface area (Å²) < 4.78 is 0. The third-order valence-corrected chi connectivity index (χ3v) is 3.35. The third-order valence-electron chi connectivity index (χ3n) is 3.16. The Morgan fingerprint density at radius 2 is 2.25 bits per heavy atom. The van der Waals surface area contributed by atoms with E-state index in [1.165, 1.54) is 0 Å². The lowest BCUT2D eigenvalue weighted by atomic mass is 10.1. The number of hydrogen-bond acceptors (Lipinski definition) is 4. The van der Waals surface area contributed by atoms with Crippen LogP contribution >= 0.6 is 11.6 Å². The second-order valence-electron chi connectivity index (χ2n) is 4.19. The minimum Gasteiger partial charge on any atom is -0.352 e. The van der Waals surface area contributed by atoms with Crippen LogP contribution in [-0.2, 0) is 0 Å². The standard InChI is InChI=1S/C11H17ClN4/c1-3-9-8-16(5-4-15(9)2)11-7-13-6-10(12)14-11/h6-7,9H,3-5,8H2,1-2H3. The van der Waals surface area contributed by atoms with Crippen LogP contribution < -0.4 is 4.90 Å². The number of rotatable bonds is 2.